The monoisotopic (exact) mass is 609 g/mol. The smallest absolute Gasteiger partial charge is 0.351 e. The first-order valence-electron chi connectivity index (χ1n) is 16.1. The molecule has 0 radical (unpaired) electrons. The van der Waals surface area contributed by atoms with E-state index in [1.807, 2.05) is 6.92 Å². The zero-order chi connectivity index (χ0) is 32.5. The van der Waals surface area contributed by atoms with E-state index in [0.29, 0.717) is 12.8 Å². The van der Waals surface area contributed by atoms with Crippen LogP contribution in [0.2, 0.25) is 0 Å². The molecule has 2 rings (SSSR count). The summed E-state index contributed by atoms with van der Waals surface area (Å²) in [7, 11) is 0. The van der Waals surface area contributed by atoms with Crippen molar-refractivity contribution in [1.29, 1.82) is 0 Å². The summed E-state index contributed by atoms with van der Waals surface area (Å²) in [5, 5.41) is 21.8. The number of hydrogen-bond acceptors (Lipinski definition) is 6. The van der Waals surface area contributed by atoms with Crippen molar-refractivity contribution in [3.8, 4) is 0 Å². The van der Waals surface area contributed by atoms with Crippen molar-refractivity contribution in [3.05, 3.63) is 81.0 Å². The number of aliphatic hydroxyl groups excluding tert-OH is 2. The van der Waals surface area contributed by atoms with Gasteiger partial charge < -0.3 is 20.3 Å². The molecule has 44 heavy (non-hydrogen) atoms. The Bertz CT molecular complexity index is 1270. The molecular formula is C36H55N3O5. The zero-order valence-electron chi connectivity index (χ0n) is 27.8. The van der Waals surface area contributed by atoms with E-state index in [9.17, 15) is 19.8 Å². The Hall–Kier alpha value is -3.07. The van der Waals surface area contributed by atoms with Gasteiger partial charge in [-0.15, -0.1) is 0 Å². The summed E-state index contributed by atoms with van der Waals surface area (Å²) in [6, 6.07) is 1.53. The lowest BCUT2D eigenvalue weighted by molar-refractivity contribution is -0.116. The molecule has 244 valence electrons. The Labute approximate surface area is 264 Å². The van der Waals surface area contributed by atoms with Gasteiger partial charge in [0.05, 0.1) is 12.7 Å². The van der Waals surface area contributed by atoms with Crippen molar-refractivity contribution in [3.63, 3.8) is 0 Å². The van der Waals surface area contributed by atoms with E-state index >= 15 is 0 Å². The average molecular weight is 610 g/mol. The first kappa shape index (κ1) is 37.1. The van der Waals surface area contributed by atoms with Gasteiger partial charge in [0.2, 0.25) is 5.91 Å². The van der Waals surface area contributed by atoms with E-state index in [-0.39, 0.29) is 24.8 Å². The molecule has 0 bridgehead atoms. The molecule has 8 nitrogen and oxygen atoms in total. The van der Waals surface area contributed by atoms with Crippen LogP contribution < -0.4 is 11.0 Å². The van der Waals surface area contributed by atoms with Crippen LogP contribution in [-0.4, -0.2) is 44.5 Å². The minimum atomic E-state index is -0.848. The fourth-order valence-electron chi connectivity index (χ4n) is 5.02. The van der Waals surface area contributed by atoms with Crippen LogP contribution in [0.4, 0.5) is 5.82 Å². The average Bonchev–Trinajstić information content (AvgIpc) is 3.34. The fraction of sp³-hybridized carbons (Fsp3) is 0.583. The highest BCUT2D eigenvalue weighted by Crippen LogP contribution is 2.27. The van der Waals surface area contributed by atoms with Crippen LogP contribution in [0.3, 0.4) is 0 Å². The Balaban J connectivity index is 1.65. The summed E-state index contributed by atoms with van der Waals surface area (Å²) in [4.78, 5) is 28.8. The second-order valence-electron chi connectivity index (χ2n) is 12.3. The molecular weight excluding hydrogens is 554 g/mol. The van der Waals surface area contributed by atoms with Crippen molar-refractivity contribution in [2.24, 2.45) is 0 Å². The molecule has 0 unspecified atom stereocenters. The van der Waals surface area contributed by atoms with E-state index in [1.165, 1.54) is 39.1 Å². The zero-order valence-corrected chi connectivity index (χ0v) is 27.8. The van der Waals surface area contributed by atoms with Gasteiger partial charge in [0.15, 0.2) is 0 Å². The maximum Gasteiger partial charge on any atom is 0.351 e. The first-order chi connectivity index (χ1) is 21.0. The summed E-state index contributed by atoms with van der Waals surface area (Å²) < 4.78 is 6.76. The molecule has 0 aliphatic carbocycles. The summed E-state index contributed by atoms with van der Waals surface area (Å²) >= 11 is 0. The molecule has 2 heterocycles. The van der Waals surface area contributed by atoms with Gasteiger partial charge in [-0.2, -0.15) is 4.98 Å². The normalized spacial score (nSPS) is 19.8. The molecule has 1 saturated heterocycles. The molecule has 0 saturated carbocycles. The molecule has 3 N–H and O–H groups in total. The number of aliphatic hydroxyl groups is 2. The maximum absolute atomic E-state index is 12.4. The number of nitrogens with one attached hydrogen (secondary N) is 1. The third-order valence-electron chi connectivity index (χ3n) is 7.84. The first-order valence-corrected chi connectivity index (χ1v) is 16.1. The van der Waals surface area contributed by atoms with Crippen molar-refractivity contribution in [2.45, 2.75) is 131 Å². The van der Waals surface area contributed by atoms with Crippen molar-refractivity contribution < 1.29 is 19.7 Å². The summed E-state index contributed by atoms with van der Waals surface area (Å²) in [5.74, 6) is -0.0288. The van der Waals surface area contributed by atoms with Crippen LogP contribution in [-0.2, 0) is 9.53 Å². The Kier molecular flexibility index (Phi) is 16.9. The quantitative estimate of drug-likeness (QED) is 0.118. The van der Waals surface area contributed by atoms with Crippen molar-refractivity contribution in [1.82, 2.24) is 9.55 Å². The van der Waals surface area contributed by atoms with Crippen LogP contribution in [0.5, 0.6) is 0 Å². The number of unbranched alkanes of at least 4 members (excludes halogenated alkanes) is 1. The Morgan fingerprint density at radius 2 is 1.39 bits per heavy atom. The van der Waals surface area contributed by atoms with Gasteiger partial charge in [0.25, 0.3) is 0 Å². The number of amides is 1. The number of anilines is 1. The van der Waals surface area contributed by atoms with Gasteiger partial charge in [0.1, 0.15) is 18.1 Å². The van der Waals surface area contributed by atoms with Crippen LogP contribution in [0.15, 0.2) is 75.3 Å². The standard InChI is InChI=1S/C36H55N3O5/c1-26(2)12-9-15-29(5)18-10-16-27(3)13-7-8-14-28(4)17-11-19-30(6)20-21-34(42)37-33-22-23-39(36(43)38-33)35-24-31(41)32(25-40)44-35/h12-14,18-19,22-23,31-32,35,40-41H,7-11,15-17,20-21,24-25H2,1-6H3,(H,37,38,42,43)/b27-13+,28-14+,29-18+,30-19+/t31-,32+,35+/m0/s1. The molecule has 1 amide bonds. The second kappa shape index (κ2) is 20.1. The van der Waals surface area contributed by atoms with Crippen LogP contribution in [0, 0.1) is 0 Å². The van der Waals surface area contributed by atoms with E-state index in [2.05, 4.69) is 75.3 Å². The van der Waals surface area contributed by atoms with Crippen LogP contribution in [0.1, 0.15) is 118 Å². The van der Waals surface area contributed by atoms with E-state index < -0.39 is 24.1 Å². The lowest BCUT2D eigenvalue weighted by atomic mass is 10.0. The predicted molar refractivity (Wildman–Crippen MR) is 179 cm³/mol. The van der Waals surface area contributed by atoms with E-state index in [1.54, 1.807) is 0 Å². The van der Waals surface area contributed by atoms with Crippen LogP contribution in [0.25, 0.3) is 0 Å². The molecule has 1 aliphatic rings. The molecule has 0 spiro atoms. The third-order valence-corrected chi connectivity index (χ3v) is 7.84. The lowest BCUT2D eigenvalue weighted by Crippen LogP contribution is -2.28. The highest BCUT2D eigenvalue weighted by atomic mass is 16.5. The van der Waals surface area contributed by atoms with E-state index in [0.717, 1.165) is 56.9 Å². The number of allylic oxidation sites excluding steroid dienone is 10. The summed E-state index contributed by atoms with van der Waals surface area (Å²) in [6.07, 6.45) is 20.5. The highest BCUT2D eigenvalue weighted by Gasteiger charge is 2.34. The number of ether oxygens (including phenoxy) is 1. The van der Waals surface area contributed by atoms with Gasteiger partial charge in [0, 0.05) is 19.0 Å². The van der Waals surface area contributed by atoms with Crippen LogP contribution >= 0.6 is 0 Å². The molecule has 1 aromatic heterocycles. The number of rotatable bonds is 18. The van der Waals surface area contributed by atoms with Gasteiger partial charge >= 0.3 is 5.69 Å². The third kappa shape index (κ3) is 14.6. The second-order valence-corrected chi connectivity index (χ2v) is 12.3. The number of nitrogens with zero attached hydrogens (tertiary/aromatic N) is 2. The maximum atomic E-state index is 12.4. The molecule has 0 aromatic carbocycles. The molecule has 8 heteroatoms. The van der Waals surface area contributed by atoms with Gasteiger partial charge in [-0.3, -0.25) is 9.36 Å². The number of carbonyl (C=O) groups excluding carboxylic acids is 1. The van der Waals surface area contributed by atoms with E-state index in [4.69, 9.17) is 4.74 Å². The number of hydrogen-bond donors (Lipinski definition) is 3. The Morgan fingerprint density at radius 1 is 0.864 bits per heavy atom. The largest absolute Gasteiger partial charge is 0.394 e. The molecule has 3 atom stereocenters. The number of carbonyl (C=O) groups is 1. The highest BCUT2D eigenvalue weighted by molar-refractivity contribution is 5.89. The summed E-state index contributed by atoms with van der Waals surface area (Å²) in [5.41, 5.74) is 6.29. The predicted octanol–water partition coefficient (Wildman–Crippen LogP) is 7.47. The number of aromatic nitrogens is 2. The fourth-order valence-corrected chi connectivity index (χ4v) is 5.02. The summed E-state index contributed by atoms with van der Waals surface area (Å²) in [6.45, 7) is 12.7. The molecule has 1 fully saturated rings. The van der Waals surface area contributed by atoms with Gasteiger partial charge in [-0.1, -0.05) is 58.2 Å². The minimum Gasteiger partial charge on any atom is -0.394 e. The van der Waals surface area contributed by atoms with Gasteiger partial charge in [-0.25, -0.2) is 4.79 Å². The lowest BCUT2D eigenvalue weighted by Gasteiger charge is -2.14. The Morgan fingerprint density at radius 3 is 1.89 bits per heavy atom. The topological polar surface area (TPSA) is 114 Å². The molecule has 1 aromatic rings. The SMILES string of the molecule is CC(C)=CCC/C(C)=C/CC/C(C)=C/CC/C=C(\C)CC/C=C(\C)CCC(=O)Nc1ccn([C@H]2C[C@H](O)[C@@H](CO)O2)c(=O)n1. The van der Waals surface area contributed by atoms with Crippen molar-refractivity contribution >= 4 is 11.7 Å². The van der Waals surface area contributed by atoms with Gasteiger partial charge in [-0.05, 0) is 105 Å². The van der Waals surface area contributed by atoms with Crippen molar-refractivity contribution in [2.75, 3.05) is 11.9 Å². The molecule has 1 aliphatic heterocycles. The minimum absolute atomic E-state index is 0.179.